The van der Waals surface area contributed by atoms with Gasteiger partial charge >= 0.3 is 0 Å². The van der Waals surface area contributed by atoms with Crippen LogP contribution < -0.4 is 0 Å². The standard InChI is InChI=1S/C16H16ClFOS/c1-2-20-14-6-3-11(4-7-14)16(19)10-12-9-13(17)5-8-15(12)18/h3-9,16,19H,2,10H2,1H3. The predicted molar refractivity (Wildman–Crippen MR) is 82.9 cm³/mol. The Labute approximate surface area is 127 Å². The first kappa shape index (κ1) is 15.4. The number of aliphatic hydroxyl groups excluding tert-OH is 1. The van der Waals surface area contributed by atoms with Gasteiger partial charge in [0, 0.05) is 16.3 Å². The van der Waals surface area contributed by atoms with Crippen molar-refractivity contribution in [2.75, 3.05) is 5.75 Å². The molecule has 1 nitrogen and oxygen atoms in total. The smallest absolute Gasteiger partial charge is 0.126 e. The van der Waals surface area contributed by atoms with E-state index in [0.29, 0.717) is 10.6 Å². The van der Waals surface area contributed by atoms with Crippen molar-refractivity contribution >= 4 is 23.4 Å². The second-order valence-electron chi connectivity index (χ2n) is 4.46. The number of halogens is 2. The molecule has 2 rings (SSSR count). The summed E-state index contributed by atoms with van der Waals surface area (Å²) in [5.41, 5.74) is 1.21. The molecule has 0 saturated carbocycles. The third kappa shape index (κ3) is 3.98. The number of aliphatic hydroxyl groups is 1. The summed E-state index contributed by atoms with van der Waals surface area (Å²) in [5, 5.41) is 10.7. The number of hydrogen-bond acceptors (Lipinski definition) is 2. The third-order valence-electron chi connectivity index (χ3n) is 3.00. The van der Waals surface area contributed by atoms with Gasteiger partial charge in [0.1, 0.15) is 5.82 Å². The van der Waals surface area contributed by atoms with Gasteiger partial charge in [-0.3, -0.25) is 0 Å². The maximum Gasteiger partial charge on any atom is 0.126 e. The molecule has 106 valence electrons. The molecule has 0 saturated heterocycles. The fourth-order valence-electron chi connectivity index (χ4n) is 1.98. The van der Waals surface area contributed by atoms with Gasteiger partial charge in [0.25, 0.3) is 0 Å². The molecule has 0 fully saturated rings. The maximum atomic E-state index is 13.6. The van der Waals surface area contributed by atoms with Crippen LogP contribution in [0.25, 0.3) is 0 Å². The Morgan fingerprint density at radius 1 is 1.20 bits per heavy atom. The lowest BCUT2D eigenvalue weighted by molar-refractivity contribution is 0.177. The normalized spacial score (nSPS) is 12.4. The van der Waals surface area contributed by atoms with Crippen molar-refractivity contribution in [3.63, 3.8) is 0 Å². The minimum atomic E-state index is -0.733. The van der Waals surface area contributed by atoms with Crippen LogP contribution in [-0.2, 0) is 6.42 Å². The zero-order valence-electron chi connectivity index (χ0n) is 11.1. The molecule has 1 N–H and O–H groups in total. The molecule has 0 aromatic heterocycles. The van der Waals surface area contributed by atoms with E-state index in [1.807, 2.05) is 24.3 Å². The van der Waals surface area contributed by atoms with Crippen LogP contribution in [0, 0.1) is 5.82 Å². The highest BCUT2D eigenvalue weighted by atomic mass is 35.5. The van der Waals surface area contributed by atoms with Crippen molar-refractivity contribution in [2.24, 2.45) is 0 Å². The summed E-state index contributed by atoms with van der Waals surface area (Å²) < 4.78 is 13.6. The average molecular weight is 311 g/mol. The molecule has 0 aliphatic rings. The Morgan fingerprint density at radius 2 is 1.90 bits per heavy atom. The van der Waals surface area contributed by atoms with Gasteiger partial charge in [0.05, 0.1) is 6.10 Å². The van der Waals surface area contributed by atoms with Crippen LogP contribution in [0.2, 0.25) is 5.02 Å². The van der Waals surface area contributed by atoms with Crippen molar-refractivity contribution < 1.29 is 9.50 Å². The van der Waals surface area contributed by atoms with Crippen molar-refractivity contribution in [1.82, 2.24) is 0 Å². The van der Waals surface area contributed by atoms with E-state index >= 15 is 0 Å². The van der Waals surface area contributed by atoms with Gasteiger partial charge in [0.15, 0.2) is 0 Å². The van der Waals surface area contributed by atoms with Crippen LogP contribution in [0.1, 0.15) is 24.2 Å². The van der Waals surface area contributed by atoms with Gasteiger partial charge < -0.3 is 5.11 Å². The Hall–Kier alpha value is -1.03. The monoisotopic (exact) mass is 310 g/mol. The number of hydrogen-bond donors (Lipinski definition) is 1. The Balaban J connectivity index is 2.11. The fourth-order valence-corrected chi connectivity index (χ4v) is 2.84. The van der Waals surface area contributed by atoms with Crippen molar-refractivity contribution in [1.29, 1.82) is 0 Å². The molecule has 0 spiro atoms. The molecule has 0 amide bonds. The topological polar surface area (TPSA) is 20.2 Å². The van der Waals surface area contributed by atoms with Gasteiger partial charge in [-0.05, 0) is 47.2 Å². The molecule has 20 heavy (non-hydrogen) atoms. The fraction of sp³-hybridized carbons (Fsp3) is 0.250. The van der Waals surface area contributed by atoms with Crippen LogP contribution in [0.15, 0.2) is 47.4 Å². The predicted octanol–water partition coefficient (Wildman–Crippen LogP) is 4.87. The van der Waals surface area contributed by atoms with E-state index in [0.717, 1.165) is 16.2 Å². The van der Waals surface area contributed by atoms with E-state index in [2.05, 4.69) is 6.92 Å². The minimum absolute atomic E-state index is 0.215. The molecular weight excluding hydrogens is 295 g/mol. The van der Waals surface area contributed by atoms with E-state index in [1.54, 1.807) is 17.8 Å². The minimum Gasteiger partial charge on any atom is -0.388 e. The Kier molecular flexibility index (Phi) is 5.46. The number of benzene rings is 2. The molecule has 0 aliphatic carbocycles. The van der Waals surface area contributed by atoms with Crippen molar-refractivity contribution in [2.45, 2.75) is 24.3 Å². The lowest BCUT2D eigenvalue weighted by Gasteiger charge is -2.12. The van der Waals surface area contributed by atoms with E-state index in [9.17, 15) is 9.50 Å². The van der Waals surface area contributed by atoms with Crippen LogP contribution >= 0.6 is 23.4 Å². The van der Waals surface area contributed by atoms with Gasteiger partial charge in [-0.1, -0.05) is 30.7 Å². The first-order chi connectivity index (χ1) is 9.60. The molecule has 0 bridgehead atoms. The molecule has 1 atom stereocenters. The van der Waals surface area contributed by atoms with Gasteiger partial charge in [0.2, 0.25) is 0 Å². The summed E-state index contributed by atoms with van der Waals surface area (Å²) in [5.74, 6) is 0.668. The van der Waals surface area contributed by atoms with E-state index in [4.69, 9.17) is 11.6 Å². The Bertz CT molecular complexity index is 571. The lowest BCUT2D eigenvalue weighted by Crippen LogP contribution is -2.03. The second-order valence-corrected chi connectivity index (χ2v) is 6.23. The molecule has 2 aromatic carbocycles. The summed E-state index contributed by atoms with van der Waals surface area (Å²) in [6, 6.07) is 12.1. The van der Waals surface area contributed by atoms with Crippen LogP contribution in [-0.4, -0.2) is 10.9 Å². The van der Waals surface area contributed by atoms with E-state index < -0.39 is 6.10 Å². The molecule has 2 aromatic rings. The zero-order chi connectivity index (χ0) is 14.5. The molecule has 0 radical (unpaired) electrons. The molecule has 4 heteroatoms. The molecule has 0 heterocycles. The first-order valence-electron chi connectivity index (χ1n) is 6.45. The SMILES string of the molecule is CCSc1ccc(C(O)Cc2cc(Cl)ccc2F)cc1. The second kappa shape index (κ2) is 7.11. The quantitative estimate of drug-likeness (QED) is 0.795. The highest BCUT2D eigenvalue weighted by Gasteiger charge is 2.12. The zero-order valence-corrected chi connectivity index (χ0v) is 12.7. The summed E-state index contributed by atoms with van der Waals surface area (Å²) in [7, 11) is 0. The summed E-state index contributed by atoms with van der Waals surface area (Å²) in [6.45, 7) is 2.09. The van der Waals surface area contributed by atoms with Gasteiger partial charge in [-0.2, -0.15) is 0 Å². The molecule has 1 unspecified atom stereocenters. The molecule has 0 aliphatic heterocycles. The van der Waals surface area contributed by atoms with Crippen LogP contribution in [0.4, 0.5) is 4.39 Å². The van der Waals surface area contributed by atoms with Gasteiger partial charge in [-0.25, -0.2) is 4.39 Å². The van der Waals surface area contributed by atoms with Crippen molar-refractivity contribution in [3.05, 3.63) is 64.4 Å². The summed E-state index contributed by atoms with van der Waals surface area (Å²) in [4.78, 5) is 1.16. The molecular formula is C16H16ClFOS. The first-order valence-corrected chi connectivity index (χ1v) is 7.81. The summed E-state index contributed by atoms with van der Waals surface area (Å²) >= 11 is 7.60. The third-order valence-corrected chi connectivity index (χ3v) is 4.13. The average Bonchev–Trinajstić information content (AvgIpc) is 2.44. The largest absolute Gasteiger partial charge is 0.388 e. The van der Waals surface area contributed by atoms with Gasteiger partial charge in [-0.15, -0.1) is 11.8 Å². The summed E-state index contributed by atoms with van der Waals surface area (Å²) in [6.07, 6.45) is -0.518. The Morgan fingerprint density at radius 3 is 2.55 bits per heavy atom. The van der Waals surface area contributed by atoms with Crippen molar-refractivity contribution in [3.8, 4) is 0 Å². The van der Waals surface area contributed by atoms with E-state index in [1.165, 1.54) is 12.1 Å². The number of thioether (sulfide) groups is 1. The highest BCUT2D eigenvalue weighted by molar-refractivity contribution is 7.99. The lowest BCUT2D eigenvalue weighted by atomic mass is 10.0. The van der Waals surface area contributed by atoms with Crippen LogP contribution in [0.5, 0.6) is 0 Å². The van der Waals surface area contributed by atoms with Crippen LogP contribution in [0.3, 0.4) is 0 Å². The maximum absolute atomic E-state index is 13.6. The number of rotatable bonds is 5. The van der Waals surface area contributed by atoms with E-state index in [-0.39, 0.29) is 12.2 Å². The highest BCUT2D eigenvalue weighted by Crippen LogP contribution is 2.25.